The monoisotopic (exact) mass is 247 g/mol. The Hall–Kier alpha value is -1.19. The predicted octanol–water partition coefficient (Wildman–Crippen LogP) is 2.25. The topological polar surface area (TPSA) is 29.5 Å². The molecule has 0 saturated carbocycles. The summed E-state index contributed by atoms with van der Waals surface area (Å²) in [5, 5.41) is 0. The highest BCUT2D eigenvalue weighted by Crippen LogP contribution is 2.20. The zero-order valence-electron chi connectivity index (χ0n) is 11.3. The second-order valence-electron chi connectivity index (χ2n) is 5.80. The van der Waals surface area contributed by atoms with Gasteiger partial charge in [0, 0.05) is 12.1 Å². The number of Topliss-reactive ketones (excluding diaryl/α,β-unsaturated/α-hetero) is 1. The van der Waals surface area contributed by atoms with E-state index in [1.54, 1.807) is 0 Å². The van der Waals surface area contributed by atoms with Gasteiger partial charge in [-0.05, 0) is 26.3 Å². The summed E-state index contributed by atoms with van der Waals surface area (Å²) in [4.78, 5) is 14.1. The molecular formula is C15H21NO2. The maximum Gasteiger partial charge on any atom is 0.176 e. The van der Waals surface area contributed by atoms with Gasteiger partial charge in [0.2, 0.25) is 0 Å². The Morgan fingerprint density at radius 1 is 1.28 bits per heavy atom. The lowest BCUT2D eigenvalue weighted by Gasteiger charge is -2.30. The van der Waals surface area contributed by atoms with Crippen LogP contribution in [0, 0.1) is 0 Å². The largest absolute Gasteiger partial charge is 0.364 e. The lowest BCUT2D eigenvalue weighted by Crippen LogP contribution is -2.40. The molecule has 1 aromatic rings. The van der Waals surface area contributed by atoms with Crippen LogP contribution in [0.25, 0.3) is 0 Å². The molecule has 1 aliphatic rings. The Balaban J connectivity index is 1.90. The number of hydrogen-bond acceptors (Lipinski definition) is 3. The molecule has 98 valence electrons. The number of hydrogen-bond donors (Lipinski definition) is 0. The molecular weight excluding hydrogens is 226 g/mol. The standard InChI is InChI=1S/C15H21NO2/c1-15(2,3)16-9-13(17)14(10-16)18-11-12-7-5-4-6-8-12/h4-8,14H,9-11H2,1-3H3. The van der Waals surface area contributed by atoms with Crippen molar-refractivity contribution in [3.63, 3.8) is 0 Å². The van der Waals surface area contributed by atoms with Crippen LogP contribution >= 0.6 is 0 Å². The molecule has 0 aromatic heterocycles. The molecule has 0 aliphatic carbocycles. The summed E-state index contributed by atoms with van der Waals surface area (Å²) < 4.78 is 5.74. The zero-order chi connectivity index (χ0) is 13.2. The number of ketones is 1. The molecule has 0 amide bonds. The Bertz CT molecular complexity index is 408. The van der Waals surface area contributed by atoms with Crippen LogP contribution in [0.4, 0.5) is 0 Å². The molecule has 1 atom stereocenters. The summed E-state index contributed by atoms with van der Waals surface area (Å²) in [5.74, 6) is 0.195. The smallest absolute Gasteiger partial charge is 0.176 e. The zero-order valence-corrected chi connectivity index (χ0v) is 11.3. The summed E-state index contributed by atoms with van der Waals surface area (Å²) in [7, 11) is 0. The molecule has 18 heavy (non-hydrogen) atoms. The third kappa shape index (κ3) is 3.18. The molecule has 0 radical (unpaired) electrons. The Kier molecular flexibility index (Phi) is 3.83. The summed E-state index contributed by atoms with van der Waals surface area (Å²) in [6, 6.07) is 9.97. The van der Waals surface area contributed by atoms with Crippen LogP contribution in [-0.2, 0) is 16.1 Å². The Labute approximate surface area is 109 Å². The van der Waals surface area contributed by atoms with E-state index in [0.29, 0.717) is 19.7 Å². The Morgan fingerprint density at radius 3 is 2.50 bits per heavy atom. The lowest BCUT2D eigenvalue weighted by molar-refractivity contribution is -0.126. The van der Waals surface area contributed by atoms with Gasteiger partial charge in [0.05, 0.1) is 13.2 Å². The van der Waals surface area contributed by atoms with E-state index in [9.17, 15) is 4.79 Å². The van der Waals surface area contributed by atoms with Crippen molar-refractivity contribution in [3.05, 3.63) is 35.9 Å². The highest BCUT2D eigenvalue weighted by molar-refractivity contribution is 5.87. The first-order valence-corrected chi connectivity index (χ1v) is 6.40. The number of carbonyl (C=O) groups is 1. The van der Waals surface area contributed by atoms with Crippen LogP contribution in [0.5, 0.6) is 0 Å². The van der Waals surface area contributed by atoms with Crippen molar-refractivity contribution in [1.29, 1.82) is 0 Å². The second-order valence-corrected chi connectivity index (χ2v) is 5.80. The molecule has 0 bridgehead atoms. The maximum absolute atomic E-state index is 11.9. The van der Waals surface area contributed by atoms with Crippen LogP contribution in [0.3, 0.4) is 0 Å². The van der Waals surface area contributed by atoms with Gasteiger partial charge in [-0.25, -0.2) is 0 Å². The molecule has 0 spiro atoms. The predicted molar refractivity (Wildman–Crippen MR) is 71.4 cm³/mol. The molecule has 2 rings (SSSR count). The van der Waals surface area contributed by atoms with Crippen molar-refractivity contribution < 1.29 is 9.53 Å². The van der Waals surface area contributed by atoms with E-state index in [4.69, 9.17) is 4.74 Å². The summed E-state index contributed by atoms with van der Waals surface area (Å²) in [5.41, 5.74) is 1.14. The van der Waals surface area contributed by atoms with Gasteiger partial charge in [0.1, 0.15) is 6.10 Å². The highest BCUT2D eigenvalue weighted by Gasteiger charge is 2.36. The molecule has 0 N–H and O–H groups in total. The van der Waals surface area contributed by atoms with Crippen molar-refractivity contribution in [2.75, 3.05) is 13.1 Å². The first-order chi connectivity index (χ1) is 8.47. The van der Waals surface area contributed by atoms with E-state index in [1.165, 1.54) is 0 Å². The summed E-state index contributed by atoms with van der Waals surface area (Å²) in [6.07, 6.45) is -0.274. The van der Waals surface area contributed by atoms with E-state index in [-0.39, 0.29) is 17.4 Å². The van der Waals surface area contributed by atoms with Crippen LogP contribution in [0.2, 0.25) is 0 Å². The molecule has 1 aliphatic heterocycles. The number of nitrogens with zero attached hydrogens (tertiary/aromatic N) is 1. The number of likely N-dealkylation sites (tertiary alicyclic amines) is 1. The van der Waals surface area contributed by atoms with E-state index >= 15 is 0 Å². The van der Waals surface area contributed by atoms with Crippen molar-refractivity contribution in [2.24, 2.45) is 0 Å². The van der Waals surface area contributed by atoms with Crippen LogP contribution in [-0.4, -0.2) is 35.4 Å². The molecule has 1 aromatic carbocycles. The van der Waals surface area contributed by atoms with E-state index in [2.05, 4.69) is 25.7 Å². The number of benzene rings is 1. The number of rotatable bonds is 3. The third-order valence-electron chi connectivity index (χ3n) is 3.33. The minimum atomic E-state index is -0.274. The fourth-order valence-electron chi connectivity index (χ4n) is 2.08. The third-order valence-corrected chi connectivity index (χ3v) is 3.33. The van der Waals surface area contributed by atoms with Crippen LogP contribution < -0.4 is 0 Å². The van der Waals surface area contributed by atoms with Crippen LogP contribution in [0.15, 0.2) is 30.3 Å². The number of ether oxygens (including phenoxy) is 1. The van der Waals surface area contributed by atoms with Gasteiger partial charge < -0.3 is 4.74 Å². The van der Waals surface area contributed by atoms with Crippen molar-refractivity contribution in [1.82, 2.24) is 4.90 Å². The Morgan fingerprint density at radius 2 is 1.94 bits per heavy atom. The summed E-state index contributed by atoms with van der Waals surface area (Å²) in [6.45, 7) is 8.09. The van der Waals surface area contributed by atoms with Crippen molar-refractivity contribution in [3.8, 4) is 0 Å². The normalized spacial score (nSPS) is 21.5. The first kappa shape index (κ1) is 13.2. The van der Waals surface area contributed by atoms with Crippen LogP contribution in [0.1, 0.15) is 26.3 Å². The van der Waals surface area contributed by atoms with E-state index in [0.717, 1.165) is 5.56 Å². The second kappa shape index (κ2) is 5.21. The van der Waals surface area contributed by atoms with Crippen molar-refractivity contribution >= 4 is 5.78 Å². The van der Waals surface area contributed by atoms with Gasteiger partial charge in [0.25, 0.3) is 0 Å². The minimum Gasteiger partial charge on any atom is -0.364 e. The van der Waals surface area contributed by atoms with Gasteiger partial charge in [-0.1, -0.05) is 30.3 Å². The molecule has 3 heteroatoms. The fourth-order valence-corrected chi connectivity index (χ4v) is 2.08. The minimum absolute atomic E-state index is 0.0283. The summed E-state index contributed by atoms with van der Waals surface area (Å²) >= 11 is 0. The first-order valence-electron chi connectivity index (χ1n) is 6.40. The lowest BCUT2D eigenvalue weighted by atomic mass is 10.1. The van der Waals surface area contributed by atoms with E-state index in [1.807, 2.05) is 30.3 Å². The quantitative estimate of drug-likeness (QED) is 0.820. The fraction of sp³-hybridized carbons (Fsp3) is 0.533. The SMILES string of the molecule is CC(C)(C)N1CC(=O)C(OCc2ccccc2)C1. The average molecular weight is 247 g/mol. The maximum atomic E-state index is 11.9. The molecule has 1 heterocycles. The molecule has 3 nitrogen and oxygen atoms in total. The van der Waals surface area contributed by atoms with Gasteiger partial charge in [-0.15, -0.1) is 0 Å². The van der Waals surface area contributed by atoms with Gasteiger partial charge in [-0.2, -0.15) is 0 Å². The molecule has 1 fully saturated rings. The van der Waals surface area contributed by atoms with Gasteiger partial charge >= 0.3 is 0 Å². The average Bonchev–Trinajstić information content (AvgIpc) is 2.69. The van der Waals surface area contributed by atoms with Gasteiger partial charge in [0.15, 0.2) is 5.78 Å². The number of carbonyl (C=O) groups excluding carboxylic acids is 1. The van der Waals surface area contributed by atoms with Gasteiger partial charge in [-0.3, -0.25) is 9.69 Å². The van der Waals surface area contributed by atoms with E-state index < -0.39 is 0 Å². The highest BCUT2D eigenvalue weighted by atomic mass is 16.5. The van der Waals surface area contributed by atoms with Crippen molar-refractivity contribution in [2.45, 2.75) is 39.0 Å². The molecule has 1 unspecified atom stereocenters. The molecule has 1 saturated heterocycles.